The predicted molar refractivity (Wildman–Crippen MR) is 74.1 cm³/mol. The maximum absolute atomic E-state index is 12.1. The lowest BCUT2D eigenvalue weighted by Crippen LogP contribution is -2.35. The van der Waals surface area contributed by atoms with E-state index in [4.69, 9.17) is 12.2 Å². The van der Waals surface area contributed by atoms with Crippen molar-refractivity contribution < 1.29 is 4.79 Å². The van der Waals surface area contributed by atoms with Crippen LogP contribution in [0, 0.1) is 12.3 Å². The van der Waals surface area contributed by atoms with Gasteiger partial charge in [0.2, 0.25) is 0 Å². The summed E-state index contributed by atoms with van der Waals surface area (Å²) in [7, 11) is 0. The first-order chi connectivity index (χ1) is 8.62. The number of nitrogens with one attached hydrogen (secondary N) is 1. The fourth-order valence-corrected chi connectivity index (χ4v) is 1.85. The Labute approximate surface area is 109 Å². The van der Waals surface area contributed by atoms with Gasteiger partial charge < -0.3 is 15.6 Å². The molecule has 1 rings (SSSR count). The number of hydrogen-bond acceptors (Lipinski definition) is 2. The molecule has 1 amide bonds. The van der Waals surface area contributed by atoms with Crippen LogP contribution in [-0.2, 0) is 6.54 Å². The number of hydrogen-bond donors (Lipinski definition) is 2. The van der Waals surface area contributed by atoms with E-state index in [1.807, 2.05) is 11.5 Å². The standard InChI is InChI=1S/C14H21N3O/c1-4-7-12(6-3)16-14(18)13-9-11(15)10-17(13)8-5-2/h1,9-10,12H,5-8,15H2,2-3H3,(H,16,18). The molecule has 0 bridgehead atoms. The molecule has 0 aliphatic carbocycles. The summed E-state index contributed by atoms with van der Waals surface area (Å²) in [5.41, 5.74) is 6.95. The smallest absolute Gasteiger partial charge is 0.268 e. The van der Waals surface area contributed by atoms with Gasteiger partial charge in [-0.15, -0.1) is 12.3 Å². The Hall–Kier alpha value is -1.89. The van der Waals surface area contributed by atoms with Crippen molar-refractivity contribution in [2.75, 3.05) is 5.73 Å². The van der Waals surface area contributed by atoms with E-state index in [1.54, 1.807) is 12.3 Å². The number of carbonyl (C=O) groups excluding carboxylic acids is 1. The third-order valence-corrected chi connectivity index (χ3v) is 2.81. The molecule has 0 saturated carbocycles. The van der Waals surface area contributed by atoms with Gasteiger partial charge in [0, 0.05) is 25.2 Å². The van der Waals surface area contributed by atoms with Crippen molar-refractivity contribution in [2.24, 2.45) is 0 Å². The minimum absolute atomic E-state index is 0.0219. The fourth-order valence-electron chi connectivity index (χ4n) is 1.85. The minimum atomic E-state index is -0.109. The second kappa shape index (κ2) is 6.75. The number of terminal acetylenes is 1. The van der Waals surface area contributed by atoms with Gasteiger partial charge in [0.15, 0.2) is 0 Å². The molecule has 1 aromatic rings. The van der Waals surface area contributed by atoms with Crippen LogP contribution in [0.4, 0.5) is 5.69 Å². The Morgan fingerprint density at radius 2 is 2.33 bits per heavy atom. The lowest BCUT2D eigenvalue weighted by molar-refractivity contribution is 0.0927. The molecule has 1 atom stereocenters. The van der Waals surface area contributed by atoms with Gasteiger partial charge in [-0.2, -0.15) is 0 Å². The molecule has 1 unspecified atom stereocenters. The van der Waals surface area contributed by atoms with E-state index in [2.05, 4.69) is 18.2 Å². The SMILES string of the molecule is C#CCC(CC)NC(=O)c1cc(N)cn1CCC. The third-order valence-electron chi connectivity index (χ3n) is 2.81. The van der Waals surface area contributed by atoms with Crippen LogP contribution in [-0.4, -0.2) is 16.5 Å². The van der Waals surface area contributed by atoms with E-state index in [1.165, 1.54) is 0 Å². The molecule has 0 spiro atoms. The summed E-state index contributed by atoms with van der Waals surface area (Å²) < 4.78 is 1.88. The highest BCUT2D eigenvalue weighted by Crippen LogP contribution is 2.12. The Bertz CT molecular complexity index is 442. The lowest BCUT2D eigenvalue weighted by Gasteiger charge is -2.15. The van der Waals surface area contributed by atoms with Crippen molar-refractivity contribution in [1.29, 1.82) is 0 Å². The van der Waals surface area contributed by atoms with Gasteiger partial charge in [-0.25, -0.2) is 0 Å². The summed E-state index contributed by atoms with van der Waals surface area (Å²) >= 11 is 0. The van der Waals surface area contributed by atoms with Gasteiger partial charge in [-0.05, 0) is 18.9 Å². The third kappa shape index (κ3) is 3.56. The van der Waals surface area contributed by atoms with Crippen LogP contribution in [0.15, 0.2) is 12.3 Å². The van der Waals surface area contributed by atoms with Crippen LogP contribution in [0.5, 0.6) is 0 Å². The highest BCUT2D eigenvalue weighted by atomic mass is 16.2. The number of rotatable bonds is 6. The van der Waals surface area contributed by atoms with Crippen LogP contribution in [0.2, 0.25) is 0 Å². The zero-order valence-corrected chi connectivity index (χ0v) is 11.1. The summed E-state index contributed by atoms with van der Waals surface area (Å²) in [5, 5.41) is 2.94. The number of carbonyl (C=O) groups is 1. The molecule has 0 fully saturated rings. The normalized spacial score (nSPS) is 11.8. The number of nitrogens with zero attached hydrogens (tertiary/aromatic N) is 1. The molecule has 1 heterocycles. The molecule has 0 saturated heterocycles. The van der Waals surface area contributed by atoms with Crippen LogP contribution < -0.4 is 11.1 Å². The number of anilines is 1. The van der Waals surface area contributed by atoms with Crippen molar-refractivity contribution >= 4 is 11.6 Å². The second-order valence-electron chi connectivity index (χ2n) is 4.34. The van der Waals surface area contributed by atoms with Crippen molar-refractivity contribution in [3.8, 4) is 12.3 Å². The molecule has 0 aromatic carbocycles. The fraction of sp³-hybridized carbons (Fsp3) is 0.500. The molecule has 4 heteroatoms. The molecule has 0 radical (unpaired) electrons. The summed E-state index contributed by atoms with van der Waals surface area (Å²) in [6, 6.07) is 1.72. The molecular weight excluding hydrogens is 226 g/mol. The zero-order valence-electron chi connectivity index (χ0n) is 11.1. The summed E-state index contributed by atoms with van der Waals surface area (Å²) in [6.07, 6.45) is 9.39. The van der Waals surface area contributed by atoms with Crippen LogP contribution >= 0.6 is 0 Å². The number of nitrogen functional groups attached to an aromatic ring is 1. The Balaban J connectivity index is 2.80. The van der Waals surface area contributed by atoms with E-state index < -0.39 is 0 Å². The Kier molecular flexibility index (Phi) is 5.31. The maximum Gasteiger partial charge on any atom is 0.268 e. The minimum Gasteiger partial charge on any atom is -0.397 e. The monoisotopic (exact) mass is 247 g/mol. The number of amides is 1. The number of aryl methyl sites for hydroxylation is 1. The maximum atomic E-state index is 12.1. The molecule has 0 aliphatic heterocycles. The average Bonchev–Trinajstić information content (AvgIpc) is 2.70. The van der Waals surface area contributed by atoms with Crippen molar-refractivity contribution in [2.45, 2.75) is 45.7 Å². The van der Waals surface area contributed by atoms with E-state index in [0.717, 1.165) is 19.4 Å². The Morgan fingerprint density at radius 3 is 2.89 bits per heavy atom. The van der Waals surface area contributed by atoms with Gasteiger partial charge in [0.05, 0.1) is 5.69 Å². The molecule has 0 aliphatic rings. The van der Waals surface area contributed by atoms with Crippen molar-refractivity contribution in [3.63, 3.8) is 0 Å². The highest BCUT2D eigenvalue weighted by molar-refractivity contribution is 5.94. The summed E-state index contributed by atoms with van der Waals surface area (Å²) in [6.45, 7) is 4.85. The van der Waals surface area contributed by atoms with Crippen LogP contribution in [0.25, 0.3) is 0 Å². The summed E-state index contributed by atoms with van der Waals surface area (Å²) in [5.74, 6) is 2.47. The van der Waals surface area contributed by atoms with E-state index in [0.29, 0.717) is 17.8 Å². The quantitative estimate of drug-likeness (QED) is 0.755. The second-order valence-corrected chi connectivity index (χ2v) is 4.34. The molecular formula is C14H21N3O. The largest absolute Gasteiger partial charge is 0.397 e. The topological polar surface area (TPSA) is 60.1 Å². The predicted octanol–water partition coefficient (Wildman–Crippen LogP) is 2.01. The Morgan fingerprint density at radius 1 is 1.61 bits per heavy atom. The molecule has 1 aromatic heterocycles. The first kappa shape index (κ1) is 14.2. The van der Waals surface area contributed by atoms with Gasteiger partial charge in [0.1, 0.15) is 5.69 Å². The first-order valence-electron chi connectivity index (χ1n) is 6.32. The van der Waals surface area contributed by atoms with Gasteiger partial charge in [-0.3, -0.25) is 4.79 Å². The zero-order chi connectivity index (χ0) is 13.5. The van der Waals surface area contributed by atoms with Crippen molar-refractivity contribution in [3.05, 3.63) is 18.0 Å². The first-order valence-corrected chi connectivity index (χ1v) is 6.32. The van der Waals surface area contributed by atoms with Crippen molar-refractivity contribution in [1.82, 2.24) is 9.88 Å². The highest BCUT2D eigenvalue weighted by Gasteiger charge is 2.15. The molecule has 4 nitrogen and oxygen atoms in total. The molecule has 3 N–H and O–H groups in total. The van der Waals surface area contributed by atoms with Gasteiger partial charge in [-0.1, -0.05) is 13.8 Å². The average molecular weight is 247 g/mol. The number of aromatic nitrogens is 1. The summed E-state index contributed by atoms with van der Waals surface area (Å²) in [4.78, 5) is 12.1. The molecule has 18 heavy (non-hydrogen) atoms. The number of nitrogens with two attached hydrogens (primary N) is 1. The van der Waals surface area contributed by atoms with Crippen LogP contribution in [0.1, 0.15) is 43.6 Å². The van der Waals surface area contributed by atoms with Crippen LogP contribution in [0.3, 0.4) is 0 Å². The van der Waals surface area contributed by atoms with E-state index in [9.17, 15) is 4.79 Å². The van der Waals surface area contributed by atoms with E-state index >= 15 is 0 Å². The van der Waals surface area contributed by atoms with Gasteiger partial charge in [0.25, 0.3) is 5.91 Å². The molecule has 98 valence electrons. The lowest BCUT2D eigenvalue weighted by atomic mass is 10.1. The van der Waals surface area contributed by atoms with Gasteiger partial charge >= 0.3 is 0 Å². The van der Waals surface area contributed by atoms with E-state index in [-0.39, 0.29) is 11.9 Å².